The molecule has 0 atom stereocenters. The van der Waals surface area contributed by atoms with E-state index in [0.717, 1.165) is 22.4 Å². The lowest BCUT2D eigenvalue weighted by atomic mass is 10.0. The van der Waals surface area contributed by atoms with Crippen molar-refractivity contribution in [2.24, 2.45) is 4.99 Å². The van der Waals surface area contributed by atoms with Crippen LogP contribution in [0.25, 0.3) is 11.4 Å². The van der Waals surface area contributed by atoms with Gasteiger partial charge >= 0.3 is 0 Å². The van der Waals surface area contributed by atoms with Crippen molar-refractivity contribution in [1.29, 1.82) is 0 Å². The van der Waals surface area contributed by atoms with Crippen LogP contribution in [0.3, 0.4) is 0 Å². The first-order valence-electron chi connectivity index (χ1n) is 9.54. The summed E-state index contributed by atoms with van der Waals surface area (Å²) in [5, 5.41) is 7.29. The summed E-state index contributed by atoms with van der Waals surface area (Å²) in [6, 6.07) is 23.8. The number of hydrogen-bond donors (Lipinski definition) is 1. The summed E-state index contributed by atoms with van der Waals surface area (Å²) in [6.07, 6.45) is 0. The second-order valence-corrected chi connectivity index (χ2v) is 6.72. The fourth-order valence-corrected chi connectivity index (χ4v) is 3.28. The van der Waals surface area contributed by atoms with E-state index in [9.17, 15) is 0 Å². The van der Waals surface area contributed by atoms with Crippen molar-refractivity contribution in [3.63, 3.8) is 0 Å². The van der Waals surface area contributed by atoms with Crippen LogP contribution in [-0.2, 0) is 0 Å². The average Bonchev–Trinajstić information content (AvgIpc) is 3.26. The fraction of sp³-hybridized carbons (Fsp3) is 0.125. The van der Waals surface area contributed by atoms with Gasteiger partial charge in [-0.05, 0) is 24.6 Å². The zero-order valence-corrected chi connectivity index (χ0v) is 17.1. The Bertz CT molecular complexity index is 1100. The molecule has 6 heteroatoms. The zero-order chi connectivity index (χ0) is 20.9. The molecule has 0 radical (unpaired) electrons. The number of H-pyrrole nitrogens is 1. The molecule has 6 nitrogen and oxygen atoms in total. The smallest absolute Gasteiger partial charge is 0.269 e. The number of benzene rings is 3. The third kappa shape index (κ3) is 3.93. The maximum atomic E-state index is 5.55. The first kappa shape index (κ1) is 19.4. The molecule has 0 spiro atoms. The summed E-state index contributed by atoms with van der Waals surface area (Å²) in [5.41, 5.74) is 4.51. The molecule has 4 aromatic rings. The number of aryl methyl sites for hydroxylation is 1. The molecule has 3 aromatic carbocycles. The maximum absolute atomic E-state index is 5.55. The first-order chi connectivity index (χ1) is 14.7. The Hall–Kier alpha value is -3.93. The second-order valence-electron chi connectivity index (χ2n) is 6.72. The normalized spacial score (nSPS) is 10.5. The van der Waals surface area contributed by atoms with E-state index in [-0.39, 0.29) is 0 Å². The topological polar surface area (TPSA) is 72.4 Å². The number of ether oxygens (including phenoxy) is 2. The largest absolute Gasteiger partial charge is 0.496 e. The van der Waals surface area contributed by atoms with Crippen LogP contribution < -0.4 is 9.47 Å². The van der Waals surface area contributed by atoms with Crippen molar-refractivity contribution < 1.29 is 9.47 Å². The number of aliphatic imine (C=N–C) groups is 1. The summed E-state index contributed by atoms with van der Waals surface area (Å²) in [5.74, 6) is 2.18. The second kappa shape index (κ2) is 8.61. The fourth-order valence-electron chi connectivity index (χ4n) is 3.28. The predicted octanol–water partition coefficient (Wildman–Crippen LogP) is 4.97. The lowest BCUT2D eigenvalue weighted by Gasteiger charge is -2.12. The Morgan fingerprint density at radius 3 is 1.87 bits per heavy atom. The lowest BCUT2D eigenvalue weighted by Crippen LogP contribution is -2.02. The van der Waals surface area contributed by atoms with Crippen molar-refractivity contribution in [2.75, 3.05) is 14.2 Å². The van der Waals surface area contributed by atoms with Gasteiger partial charge in [0.15, 0.2) is 5.82 Å². The molecule has 0 bridgehead atoms. The minimum absolute atomic E-state index is 0.331. The van der Waals surface area contributed by atoms with Crippen LogP contribution >= 0.6 is 0 Å². The molecular formula is C24H22N4O2. The van der Waals surface area contributed by atoms with Gasteiger partial charge in [0.1, 0.15) is 17.1 Å². The van der Waals surface area contributed by atoms with Crippen molar-refractivity contribution >= 4 is 11.7 Å². The van der Waals surface area contributed by atoms with Gasteiger partial charge in [0.05, 0.1) is 19.9 Å². The van der Waals surface area contributed by atoms with E-state index >= 15 is 0 Å². The number of nitrogens with zero attached hydrogens (tertiary/aromatic N) is 3. The Morgan fingerprint density at radius 2 is 1.37 bits per heavy atom. The third-order valence-corrected chi connectivity index (χ3v) is 4.67. The van der Waals surface area contributed by atoms with Crippen LogP contribution in [0, 0.1) is 6.92 Å². The number of methoxy groups -OCH3 is 2. The van der Waals surface area contributed by atoms with Gasteiger partial charge in [-0.15, -0.1) is 5.10 Å². The molecule has 0 saturated carbocycles. The number of aromatic nitrogens is 3. The van der Waals surface area contributed by atoms with Gasteiger partial charge in [-0.25, -0.2) is 4.99 Å². The highest BCUT2D eigenvalue weighted by molar-refractivity contribution is 6.13. The van der Waals surface area contributed by atoms with E-state index in [1.165, 1.54) is 0 Å². The van der Waals surface area contributed by atoms with Gasteiger partial charge < -0.3 is 9.47 Å². The Labute approximate surface area is 175 Å². The molecule has 1 N–H and O–H groups in total. The SMILES string of the molecule is COc1cc(C)cc(OC)c1-c1nc(N=C(c2ccccc2)c2ccccc2)n[nH]1. The van der Waals surface area contributed by atoms with E-state index < -0.39 is 0 Å². The number of rotatable bonds is 6. The quantitative estimate of drug-likeness (QED) is 0.466. The standard InChI is InChI=1S/C24H22N4O2/c1-16-14-19(29-2)21(20(15-16)30-3)23-26-24(28-27-23)25-22(17-10-6-4-7-11-17)18-12-8-5-9-13-18/h4-15H,1-3H3,(H,26,27,28). The molecule has 150 valence electrons. The Morgan fingerprint density at radius 1 is 0.833 bits per heavy atom. The minimum atomic E-state index is 0.331. The van der Waals surface area contributed by atoms with E-state index in [1.807, 2.05) is 79.7 Å². The summed E-state index contributed by atoms with van der Waals surface area (Å²) >= 11 is 0. The number of aromatic amines is 1. The summed E-state index contributed by atoms with van der Waals surface area (Å²) < 4.78 is 11.1. The van der Waals surface area contributed by atoms with Crippen molar-refractivity contribution in [1.82, 2.24) is 15.2 Å². The molecule has 30 heavy (non-hydrogen) atoms. The van der Waals surface area contributed by atoms with Crippen molar-refractivity contribution in [3.8, 4) is 22.9 Å². The van der Waals surface area contributed by atoms with Crippen LogP contribution in [0.2, 0.25) is 0 Å². The van der Waals surface area contributed by atoms with Crippen LogP contribution in [0.4, 0.5) is 5.95 Å². The highest BCUT2D eigenvalue weighted by Crippen LogP contribution is 2.38. The van der Waals surface area contributed by atoms with Crippen LogP contribution in [-0.4, -0.2) is 35.1 Å². The van der Waals surface area contributed by atoms with E-state index in [0.29, 0.717) is 28.8 Å². The molecule has 0 unspecified atom stereocenters. The van der Waals surface area contributed by atoms with Crippen molar-refractivity contribution in [3.05, 3.63) is 89.5 Å². The van der Waals surface area contributed by atoms with Gasteiger partial charge in [0, 0.05) is 11.1 Å². The zero-order valence-electron chi connectivity index (χ0n) is 17.1. The van der Waals surface area contributed by atoms with Crippen LogP contribution in [0.15, 0.2) is 77.8 Å². The monoisotopic (exact) mass is 398 g/mol. The molecule has 4 rings (SSSR count). The predicted molar refractivity (Wildman–Crippen MR) is 118 cm³/mol. The molecule has 0 aliphatic carbocycles. The van der Waals surface area contributed by atoms with E-state index in [4.69, 9.17) is 14.5 Å². The molecule has 1 aromatic heterocycles. The van der Waals surface area contributed by atoms with E-state index in [2.05, 4.69) is 15.2 Å². The van der Waals surface area contributed by atoms with Gasteiger partial charge in [-0.3, -0.25) is 5.10 Å². The third-order valence-electron chi connectivity index (χ3n) is 4.67. The lowest BCUT2D eigenvalue weighted by molar-refractivity contribution is 0.396. The Balaban J connectivity index is 1.81. The highest BCUT2D eigenvalue weighted by atomic mass is 16.5. The molecule has 0 saturated heterocycles. The summed E-state index contributed by atoms with van der Waals surface area (Å²) in [6.45, 7) is 1.98. The molecule has 0 fully saturated rings. The molecule has 0 amide bonds. The van der Waals surface area contributed by atoms with Gasteiger partial charge in [0.25, 0.3) is 5.95 Å². The van der Waals surface area contributed by atoms with Crippen LogP contribution in [0.5, 0.6) is 11.5 Å². The summed E-state index contributed by atoms with van der Waals surface area (Å²) in [4.78, 5) is 9.36. The number of hydrogen-bond acceptors (Lipinski definition) is 5. The minimum Gasteiger partial charge on any atom is -0.496 e. The van der Waals surface area contributed by atoms with Gasteiger partial charge in [0.2, 0.25) is 0 Å². The highest BCUT2D eigenvalue weighted by Gasteiger charge is 2.18. The van der Waals surface area contributed by atoms with Crippen molar-refractivity contribution in [2.45, 2.75) is 6.92 Å². The van der Waals surface area contributed by atoms with Gasteiger partial charge in [-0.1, -0.05) is 60.7 Å². The molecule has 0 aliphatic rings. The first-order valence-corrected chi connectivity index (χ1v) is 9.54. The Kier molecular flexibility index (Phi) is 5.57. The van der Waals surface area contributed by atoms with Crippen LogP contribution in [0.1, 0.15) is 16.7 Å². The molecule has 0 aliphatic heterocycles. The maximum Gasteiger partial charge on any atom is 0.269 e. The van der Waals surface area contributed by atoms with E-state index in [1.54, 1.807) is 14.2 Å². The average molecular weight is 398 g/mol. The van der Waals surface area contributed by atoms with Gasteiger partial charge in [-0.2, -0.15) is 4.98 Å². The number of nitrogens with one attached hydrogen (secondary N) is 1. The summed E-state index contributed by atoms with van der Waals surface area (Å²) in [7, 11) is 3.24. The molecular weight excluding hydrogens is 376 g/mol. The molecule has 1 heterocycles.